The Balaban J connectivity index is 1.52. The molecule has 0 radical (unpaired) electrons. The van der Waals surface area contributed by atoms with Gasteiger partial charge < -0.3 is 0 Å². The highest BCUT2D eigenvalue weighted by Crippen LogP contribution is 2.34. The normalized spacial score (nSPS) is 31.1. The highest BCUT2D eigenvalue weighted by Gasteiger charge is 2.20. The van der Waals surface area contributed by atoms with Gasteiger partial charge in [0.2, 0.25) is 0 Å². The fourth-order valence-electron chi connectivity index (χ4n) is 4.97. The zero-order chi connectivity index (χ0) is 17.7. The van der Waals surface area contributed by atoms with Crippen molar-refractivity contribution in [3.05, 3.63) is 24.3 Å². The predicted molar refractivity (Wildman–Crippen MR) is 113 cm³/mol. The minimum absolute atomic E-state index is 0.888. The lowest BCUT2D eigenvalue weighted by Crippen LogP contribution is -2.13. The molecule has 0 aromatic rings. The Morgan fingerprint density at radius 2 is 1.20 bits per heavy atom. The van der Waals surface area contributed by atoms with E-state index in [9.17, 15) is 0 Å². The fraction of sp³-hybridized carbons (Fsp3) is 0.840. The van der Waals surface area contributed by atoms with Crippen molar-refractivity contribution < 1.29 is 0 Å². The molecule has 0 unspecified atom stereocenters. The van der Waals surface area contributed by atoms with Gasteiger partial charge in [0.15, 0.2) is 0 Å². The molecule has 25 heavy (non-hydrogen) atoms. The van der Waals surface area contributed by atoms with Crippen LogP contribution in [0.1, 0.15) is 110 Å². The van der Waals surface area contributed by atoms with Crippen LogP contribution in [0.25, 0.3) is 0 Å². The molecule has 2 aliphatic carbocycles. The lowest BCUT2D eigenvalue weighted by molar-refractivity contribution is 0.287. The standard InChI is InChI=1S/C25H44/c1-3-5-7-11-23-18-20-25(21-19-23)13-9-8-12-24-16-14-22(15-17-24)10-6-4-2/h6,9-10,13,22-25H,3-5,7-8,11-12,14-21H2,1-2H3/b10-6?,13-9+. The van der Waals surface area contributed by atoms with Gasteiger partial charge in [-0.1, -0.05) is 63.8 Å². The van der Waals surface area contributed by atoms with Crippen molar-refractivity contribution in [2.24, 2.45) is 23.7 Å². The van der Waals surface area contributed by atoms with Crippen molar-refractivity contribution in [3.8, 4) is 0 Å². The summed E-state index contributed by atoms with van der Waals surface area (Å²) in [7, 11) is 0. The van der Waals surface area contributed by atoms with E-state index < -0.39 is 0 Å². The SMILES string of the molecule is CCC=CC1CCC(CC/C=C/C2CCC(CCCCC)CC2)CC1. The molecule has 0 heteroatoms. The predicted octanol–water partition coefficient (Wildman–Crippen LogP) is 8.48. The maximum atomic E-state index is 2.58. The number of allylic oxidation sites excluding steroid dienone is 4. The van der Waals surface area contributed by atoms with Crippen LogP contribution in [0.5, 0.6) is 0 Å². The van der Waals surface area contributed by atoms with Gasteiger partial charge in [-0.2, -0.15) is 0 Å². The van der Waals surface area contributed by atoms with Crippen LogP contribution in [0.15, 0.2) is 24.3 Å². The molecule has 144 valence electrons. The third-order valence-corrected chi connectivity index (χ3v) is 6.79. The van der Waals surface area contributed by atoms with E-state index >= 15 is 0 Å². The minimum Gasteiger partial charge on any atom is -0.0885 e. The number of unbranched alkanes of at least 4 members (excludes halogenated alkanes) is 2. The van der Waals surface area contributed by atoms with E-state index in [1.54, 1.807) is 0 Å². The first kappa shape index (κ1) is 20.8. The van der Waals surface area contributed by atoms with Crippen LogP contribution < -0.4 is 0 Å². The van der Waals surface area contributed by atoms with Crippen LogP contribution in [-0.4, -0.2) is 0 Å². The summed E-state index contributed by atoms with van der Waals surface area (Å²) in [6, 6.07) is 0. The smallest absolute Gasteiger partial charge is 0.0233 e. The highest BCUT2D eigenvalue weighted by atomic mass is 14.3. The molecule has 2 saturated carbocycles. The van der Waals surface area contributed by atoms with Gasteiger partial charge >= 0.3 is 0 Å². The topological polar surface area (TPSA) is 0 Å². The van der Waals surface area contributed by atoms with Crippen molar-refractivity contribution in [3.63, 3.8) is 0 Å². The van der Waals surface area contributed by atoms with Crippen LogP contribution >= 0.6 is 0 Å². The molecule has 0 nitrogen and oxygen atoms in total. The first-order valence-electron chi connectivity index (χ1n) is 11.6. The van der Waals surface area contributed by atoms with Crippen molar-refractivity contribution in [1.29, 1.82) is 0 Å². The Labute approximate surface area is 158 Å². The lowest BCUT2D eigenvalue weighted by atomic mass is 9.79. The summed E-state index contributed by atoms with van der Waals surface area (Å²) in [5.74, 6) is 3.84. The summed E-state index contributed by atoms with van der Waals surface area (Å²) in [6.07, 6.45) is 31.4. The number of hydrogen-bond donors (Lipinski definition) is 0. The highest BCUT2D eigenvalue weighted by molar-refractivity contribution is 4.93. The van der Waals surface area contributed by atoms with Gasteiger partial charge in [0, 0.05) is 0 Å². The largest absolute Gasteiger partial charge is 0.0885 e. The van der Waals surface area contributed by atoms with E-state index in [1.807, 2.05) is 0 Å². The van der Waals surface area contributed by atoms with E-state index in [1.165, 1.54) is 96.3 Å². The second kappa shape index (κ2) is 12.8. The Kier molecular flexibility index (Phi) is 10.6. The zero-order valence-corrected chi connectivity index (χ0v) is 17.2. The summed E-state index contributed by atoms with van der Waals surface area (Å²) in [5.41, 5.74) is 0. The van der Waals surface area contributed by atoms with E-state index in [0.29, 0.717) is 0 Å². The average molecular weight is 345 g/mol. The van der Waals surface area contributed by atoms with Gasteiger partial charge in [0.1, 0.15) is 0 Å². The van der Waals surface area contributed by atoms with Crippen LogP contribution in [0.3, 0.4) is 0 Å². The molecular formula is C25H44. The van der Waals surface area contributed by atoms with Gasteiger partial charge in [-0.15, -0.1) is 0 Å². The molecule has 2 aliphatic rings. The molecule has 0 amide bonds. The average Bonchev–Trinajstić information content (AvgIpc) is 2.66. The number of rotatable bonds is 10. The summed E-state index contributed by atoms with van der Waals surface area (Å²) < 4.78 is 0. The van der Waals surface area contributed by atoms with E-state index in [0.717, 1.165) is 23.7 Å². The molecule has 0 spiro atoms. The van der Waals surface area contributed by atoms with Crippen molar-refractivity contribution in [2.75, 3.05) is 0 Å². The molecule has 2 rings (SSSR count). The lowest BCUT2D eigenvalue weighted by Gasteiger charge is -2.27. The molecule has 0 bridgehead atoms. The maximum Gasteiger partial charge on any atom is -0.0233 e. The molecule has 0 saturated heterocycles. The molecule has 0 aromatic heterocycles. The molecule has 2 fully saturated rings. The third kappa shape index (κ3) is 8.61. The van der Waals surface area contributed by atoms with Crippen LogP contribution in [0, 0.1) is 23.7 Å². The molecule has 0 N–H and O–H groups in total. The van der Waals surface area contributed by atoms with Crippen LogP contribution in [0.2, 0.25) is 0 Å². The first-order chi connectivity index (χ1) is 12.3. The molecule has 0 atom stereocenters. The Bertz CT molecular complexity index is 361. The van der Waals surface area contributed by atoms with Crippen LogP contribution in [-0.2, 0) is 0 Å². The first-order valence-corrected chi connectivity index (χ1v) is 11.6. The van der Waals surface area contributed by atoms with Crippen molar-refractivity contribution >= 4 is 0 Å². The monoisotopic (exact) mass is 344 g/mol. The zero-order valence-electron chi connectivity index (χ0n) is 17.2. The Morgan fingerprint density at radius 3 is 1.76 bits per heavy atom. The maximum absolute atomic E-state index is 2.58. The summed E-state index contributed by atoms with van der Waals surface area (Å²) >= 11 is 0. The van der Waals surface area contributed by atoms with E-state index in [4.69, 9.17) is 0 Å². The molecule has 0 aliphatic heterocycles. The third-order valence-electron chi connectivity index (χ3n) is 6.79. The second-order valence-corrected chi connectivity index (χ2v) is 8.90. The van der Waals surface area contributed by atoms with Crippen LogP contribution in [0.4, 0.5) is 0 Å². The van der Waals surface area contributed by atoms with Gasteiger partial charge in [-0.05, 0) is 94.3 Å². The minimum atomic E-state index is 0.888. The second-order valence-electron chi connectivity index (χ2n) is 8.90. The van der Waals surface area contributed by atoms with E-state index in [2.05, 4.69) is 38.2 Å². The summed E-state index contributed by atoms with van der Waals surface area (Å²) in [6.45, 7) is 4.56. The van der Waals surface area contributed by atoms with E-state index in [-0.39, 0.29) is 0 Å². The van der Waals surface area contributed by atoms with Gasteiger partial charge in [-0.3, -0.25) is 0 Å². The van der Waals surface area contributed by atoms with Crippen molar-refractivity contribution in [2.45, 2.75) is 110 Å². The molecule has 0 heterocycles. The summed E-state index contributed by atoms with van der Waals surface area (Å²) in [5, 5.41) is 0. The number of hydrogen-bond acceptors (Lipinski definition) is 0. The Hall–Kier alpha value is -0.520. The van der Waals surface area contributed by atoms with Gasteiger partial charge in [0.25, 0.3) is 0 Å². The Morgan fingerprint density at radius 1 is 0.640 bits per heavy atom. The van der Waals surface area contributed by atoms with Gasteiger partial charge in [0.05, 0.1) is 0 Å². The van der Waals surface area contributed by atoms with Crippen molar-refractivity contribution in [1.82, 2.24) is 0 Å². The van der Waals surface area contributed by atoms with Gasteiger partial charge in [-0.25, -0.2) is 0 Å². The molecular weight excluding hydrogens is 300 g/mol. The fourth-order valence-corrected chi connectivity index (χ4v) is 4.97. The summed E-state index contributed by atoms with van der Waals surface area (Å²) in [4.78, 5) is 0. The molecule has 0 aromatic carbocycles. The quantitative estimate of drug-likeness (QED) is 0.275.